The summed E-state index contributed by atoms with van der Waals surface area (Å²) in [4.78, 5) is 8.38. The number of hydrogen-bond acceptors (Lipinski definition) is 6. The van der Waals surface area contributed by atoms with Crippen LogP contribution in [-0.2, 0) is 0 Å². The number of nitrogens with zero attached hydrogens (tertiary/aromatic N) is 5. The van der Waals surface area contributed by atoms with Crippen molar-refractivity contribution in [3.05, 3.63) is 61.3 Å². The first kappa shape index (κ1) is 14.1. The van der Waals surface area contributed by atoms with Crippen molar-refractivity contribution in [2.45, 2.75) is 0 Å². The molecule has 0 unspecified atom stereocenters. The van der Waals surface area contributed by atoms with E-state index in [1.165, 1.54) is 0 Å². The van der Waals surface area contributed by atoms with Crippen molar-refractivity contribution in [3.8, 4) is 34.5 Å². The molecule has 24 heavy (non-hydrogen) atoms. The second-order valence-corrected chi connectivity index (χ2v) is 5.02. The number of pyridine rings is 1. The molecule has 0 spiro atoms. The molecule has 0 amide bonds. The number of imidazole rings is 1. The lowest BCUT2D eigenvalue weighted by atomic mass is 10.2. The van der Waals surface area contributed by atoms with Gasteiger partial charge in [0.05, 0.1) is 12.7 Å². The number of hydrogen-bond donors (Lipinski definition) is 0. The van der Waals surface area contributed by atoms with Crippen molar-refractivity contribution in [1.82, 2.24) is 24.7 Å². The number of benzene rings is 1. The van der Waals surface area contributed by atoms with Crippen molar-refractivity contribution in [3.63, 3.8) is 0 Å². The minimum Gasteiger partial charge on any atom is -0.497 e. The predicted molar refractivity (Wildman–Crippen MR) is 86.6 cm³/mol. The van der Waals surface area contributed by atoms with Crippen LogP contribution in [0.4, 0.5) is 0 Å². The summed E-state index contributed by atoms with van der Waals surface area (Å²) >= 11 is 0. The van der Waals surface area contributed by atoms with Crippen LogP contribution in [0.2, 0.25) is 0 Å². The lowest BCUT2D eigenvalue weighted by molar-refractivity contribution is 0.415. The maximum absolute atomic E-state index is 5.75. The molecule has 0 aliphatic carbocycles. The highest BCUT2D eigenvalue weighted by atomic mass is 16.5. The van der Waals surface area contributed by atoms with Crippen LogP contribution >= 0.6 is 0 Å². The van der Waals surface area contributed by atoms with E-state index in [1.54, 1.807) is 25.8 Å². The van der Waals surface area contributed by atoms with Crippen LogP contribution in [0.15, 0.2) is 65.7 Å². The Bertz CT molecular complexity index is 945. The van der Waals surface area contributed by atoms with Gasteiger partial charge in [-0.15, -0.1) is 10.2 Å². The maximum atomic E-state index is 5.75. The molecule has 7 nitrogen and oxygen atoms in total. The Hall–Kier alpha value is -3.48. The first-order valence-corrected chi connectivity index (χ1v) is 7.26. The minimum atomic E-state index is 0.414. The molecule has 0 fully saturated rings. The standard InChI is InChI=1S/C17H13N5O2/c1-23-14-4-2-3-12(9-14)16-20-21-17(24-16)13-5-6-15(19-10-13)22-8-7-18-11-22/h2-11H,1H3. The number of ether oxygens (including phenoxy) is 1. The highest BCUT2D eigenvalue weighted by molar-refractivity contribution is 5.59. The predicted octanol–water partition coefficient (Wildman–Crippen LogP) is 2.99. The zero-order valence-electron chi connectivity index (χ0n) is 12.8. The summed E-state index contributed by atoms with van der Waals surface area (Å²) in [5, 5.41) is 8.19. The Balaban J connectivity index is 1.62. The normalized spacial score (nSPS) is 10.7. The molecule has 0 saturated carbocycles. The van der Waals surface area contributed by atoms with Gasteiger partial charge in [-0.05, 0) is 30.3 Å². The Morgan fingerprint density at radius 3 is 2.62 bits per heavy atom. The van der Waals surface area contributed by atoms with Gasteiger partial charge in [0.25, 0.3) is 0 Å². The van der Waals surface area contributed by atoms with Crippen molar-refractivity contribution in [2.75, 3.05) is 7.11 Å². The molecule has 3 heterocycles. The van der Waals surface area contributed by atoms with Crippen LogP contribution in [0.3, 0.4) is 0 Å². The molecule has 4 rings (SSSR count). The average Bonchev–Trinajstić information content (AvgIpc) is 3.34. The fraction of sp³-hybridized carbons (Fsp3) is 0.0588. The summed E-state index contributed by atoms with van der Waals surface area (Å²) in [6.45, 7) is 0. The molecule has 118 valence electrons. The molecule has 1 aromatic carbocycles. The molecule has 7 heteroatoms. The average molecular weight is 319 g/mol. The molecule has 4 aromatic rings. The summed E-state index contributed by atoms with van der Waals surface area (Å²) in [5.41, 5.74) is 1.55. The molecule has 0 saturated heterocycles. The molecular formula is C17H13N5O2. The molecule has 0 radical (unpaired) electrons. The highest BCUT2D eigenvalue weighted by Gasteiger charge is 2.11. The number of rotatable bonds is 4. The van der Waals surface area contributed by atoms with Crippen LogP contribution in [0.5, 0.6) is 5.75 Å². The SMILES string of the molecule is COc1cccc(-c2nnc(-c3ccc(-n4ccnc4)nc3)o2)c1. The van der Waals surface area contributed by atoms with Crippen LogP contribution in [0.1, 0.15) is 0 Å². The van der Waals surface area contributed by atoms with E-state index in [-0.39, 0.29) is 0 Å². The molecule has 3 aromatic heterocycles. The third kappa shape index (κ3) is 2.63. The largest absolute Gasteiger partial charge is 0.497 e. The third-order valence-electron chi connectivity index (χ3n) is 3.51. The monoisotopic (exact) mass is 319 g/mol. The van der Waals surface area contributed by atoms with Gasteiger partial charge in [0, 0.05) is 24.2 Å². The van der Waals surface area contributed by atoms with Crippen LogP contribution in [0, 0.1) is 0 Å². The van der Waals surface area contributed by atoms with E-state index < -0.39 is 0 Å². The Morgan fingerprint density at radius 1 is 1.04 bits per heavy atom. The summed E-state index contributed by atoms with van der Waals surface area (Å²) in [6.07, 6.45) is 6.91. The first-order chi connectivity index (χ1) is 11.8. The van der Waals surface area contributed by atoms with E-state index in [1.807, 2.05) is 47.2 Å². The highest BCUT2D eigenvalue weighted by Crippen LogP contribution is 2.26. The first-order valence-electron chi connectivity index (χ1n) is 7.26. The van der Waals surface area contributed by atoms with Crippen molar-refractivity contribution < 1.29 is 9.15 Å². The molecular weight excluding hydrogens is 306 g/mol. The summed E-state index contributed by atoms with van der Waals surface area (Å²) in [7, 11) is 1.62. The van der Waals surface area contributed by atoms with E-state index in [4.69, 9.17) is 9.15 Å². The molecule has 0 atom stereocenters. The Morgan fingerprint density at radius 2 is 1.92 bits per heavy atom. The van der Waals surface area contributed by atoms with E-state index in [0.717, 1.165) is 22.7 Å². The van der Waals surface area contributed by atoms with Crippen molar-refractivity contribution in [2.24, 2.45) is 0 Å². The van der Waals surface area contributed by atoms with Crippen LogP contribution in [0.25, 0.3) is 28.7 Å². The molecule has 0 N–H and O–H groups in total. The van der Waals surface area contributed by atoms with Gasteiger partial charge in [-0.3, -0.25) is 4.57 Å². The van der Waals surface area contributed by atoms with Crippen LogP contribution < -0.4 is 4.74 Å². The van der Waals surface area contributed by atoms with Gasteiger partial charge in [-0.25, -0.2) is 9.97 Å². The van der Waals surface area contributed by atoms with E-state index in [2.05, 4.69) is 20.2 Å². The van der Waals surface area contributed by atoms with Gasteiger partial charge < -0.3 is 9.15 Å². The lowest BCUT2D eigenvalue weighted by Gasteiger charge is -2.01. The Labute approximate surface area is 137 Å². The van der Waals surface area contributed by atoms with E-state index >= 15 is 0 Å². The quantitative estimate of drug-likeness (QED) is 0.575. The zero-order valence-corrected chi connectivity index (χ0v) is 12.8. The topological polar surface area (TPSA) is 78.9 Å². The van der Waals surface area contributed by atoms with Gasteiger partial charge in [-0.2, -0.15) is 0 Å². The smallest absolute Gasteiger partial charge is 0.249 e. The molecule has 0 bridgehead atoms. The van der Waals surface area contributed by atoms with Gasteiger partial charge in [-0.1, -0.05) is 6.07 Å². The summed E-state index contributed by atoms with van der Waals surface area (Å²) in [6, 6.07) is 11.2. The van der Waals surface area contributed by atoms with Crippen molar-refractivity contribution >= 4 is 0 Å². The van der Waals surface area contributed by atoms with Gasteiger partial charge in [0.2, 0.25) is 11.8 Å². The second-order valence-electron chi connectivity index (χ2n) is 5.02. The fourth-order valence-corrected chi connectivity index (χ4v) is 2.27. The fourth-order valence-electron chi connectivity index (χ4n) is 2.27. The van der Waals surface area contributed by atoms with Crippen LogP contribution in [-0.4, -0.2) is 31.8 Å². The van der Waals surface area contributed by atoms with Gasteiger partial charge in [0.1, 0.15) is 17.9 Å². The molecule has 0 aliphatic rings. The maximum Gasteiger partial charge on any atom is 0.249 e. The van der Waals surface area contributed by atoms with Gasteiger partial charge in [0.15, 0.2) is 0 Å². The van der Waals surface area contributed by atoms with Gasteiger partial charge >= 0.3 is 0 Å². The summed E-state index contributed by atoms with van der Waals surface area (Å²) in [5.74, 6) is 2.35. The number of methoxy groups -OCH3 is 1. The number of aromatic nitrogens is 5. The Kier molecular flexibility index (Phi) is 3.51. The summed E-state index contributed by atoms with van der Waals surface area (Å²) < 4.78 is 12.8. The second kappa shape index (κ2) is 5.96. The van der Waals surface area contributed by atoms with E-state index in [9.17, 15) is 0 Å². The third-order valence-corrected chi connectivity index (χ3v) is 3.51. The molecule has 0 aliphatic heterocycles. The zero-order chi connectivity index (χ0) is 16.4. The van der Waals surface area contributed by atoms with Crippen molar-refractivity contribution in [1.29, 1.82) is 0 Å². The minimum absolute atomic E-state index is 0.414. The lowest BCUT2D eigenvalue weighted by Crippen LogP contribution is -1.93. The van der Waals surface area contributed by atoms with E-state index in [0.29, 0.717) is 11.8 Å².